The van der Waals surface area contributed by atoms with Gasteiger partial charge in [0, 0.05) is 36.7 Å². The lowest BCUT2D eigenvalue weighted by Crippen LogP contribution is -2.21. The van der Waals surface area contributed by atoms with E-state index in [1.165, 1.54) is 0 Å². The largest absolute Gasteiger partial charge is 0.492 e. The summed E-state index contributed by atoms with van der Waals surface area (Å²) in [5.41, 5.74) is 7.52. The number of aromatic nitrogens is 2. The van der Waals surface area contributed by atoms with E-state index in [4.69, 9.17) is 10.5 Å². The number of nitrogens with one attached hydrogen (secondary N) is 1. The first-order chi connectivity index (χ1) is 9.19. The quantitative estimate of drug-likeness (QED) is 0.783. The van der Waals surface area contributed by atoms with Gasteiger partial charge in [-0.3, -0.25) is 0 Å². The molecule has 1 atom stereocenters. The summed E-state index contributed by atoms with van der Waals surface area (Å²) >= 11 is 0. The lowest BCUT2D eigenvalue weighted by atomic mass is 10.2. The molecule has 5 heteroatoms. The Hall–Kier alpha value is -2.17. The molecule has 2 aromatic rings. The molecule has 3 N–H and O–H groups in total. The number of nitrogens with two attached hydrogens (primary N) is 1. The van der Waals surface area contributed by atoms with Gasteiger partial charge in [-0.05, 0) is 26.0 Å². The zero-order valence-electron chi connectivity index (χ0n) is 11.3. The molecule has 19 heavy (non-hydrogen) atoms. The molecule has 1 unspecified atom stereocenters. The van der Waals surface area contributed by atoms with Crippen molar-refractivity contribution in [1.29, 1.82) is 0 Å². The van der Waals surface area contributed by atoms with E-state index < -0.39 is 0 Å². The van der Waals surface area contributed by atoms with Crippen LogP contribution in [0.2, 0.25) is 0 Å². The average Bonchev–Trinajstić information content (AvgIpc) is 2.86. The minimum Gasteiger partial charge on any atom is -0.492 e. The Morgan fingerprint density at radius 3 is 3.00 bits per heavy atom. The molecular weight excluding hydrogens is 240 g/mol. The highest BCUT2D eigenvalue weighted by molar-refractivity contribution is 5.61. The summed E-state index contributed by atoms with van der Waals surface area (Å²) in [5, 5.41) is 3.42. The summed E-state index contributed by atoms with van der Waals surface area (Å²) in [7, 11) is 0. The topological polar surface area (TPSA) is 65.1 Å². The third-order valence-corrected chi connectivity index (χ3v) is 2.77. The standard InChI is InChI=1S/C14H20N4O/c1-3-19-14-8-12(4-5-13(14)15)17-11(2)9-18-7-6-16-10-18/h4-8,10-11,17H,3,9,15H2,1-2H3. The summed E-state index contributed by atoms with van der Waals surface area (Å²) in [5.74, 6) is 0.724. The zero-order valence-corrected chi connectivity index (χ0v) is 11.3. The number of imidazole rings is 1. The van der Waals surface area contributed by atoms with E-state index in [0.717, 1.165) is 18.0 Å². The Kier molecular flexibility index (Phi) is 4.28. The first-order valence-corrected chi connectivity index (χ1v) is 6.43. The monoisotopic (exact) mass is 260 g/mol. The molecule has 0 spiro atoms. The molecule has 0 amide bonds. The number of benzene rings is 1. The number of ether oxygens (including phenoxy) is 1. The fraction of sp³-hybridized carbons (Fsp3) is 0.357. The van der Waals surface area contributed by atoms with Crippen LogP contribution in [-0.4, -0.2) is 22.2 Å². The number of anilines is 2. The summed E-state index contributed by atoms with van der Waals surface area (Å²) in [6.07, 6.45) is 5.54. The van der Waals surface area contributed by atoms with Crippen molar-refractivity contribution < 1.29 is 4.74 Å². The number of hydrogen-bond acceptors (Lipinski definition) is 4. The van der Waals surface area contributed by atoms with E-state index in [9.17, 15) is 0 Å². The number of nitrogen functional groups attached to an aromatic ring is 1. The molecule has 2 rings (SSSR count). The molecule has 0 fully saturated rings. The molecule has 0 saturated carbocycles. The van der Waals surface area contributed by atoms with Gasteiger partial charge in [0.25, 0.3) is 0 Å². The Labute approximate surface area is 113 Å². The molecule has 0 aliphatic carbocycles. The molecule has 1 aromatic heterocycles. The van der Waals surface area contributed by atoms with Crippen molar-refractivity contribution in [3.05, 3.63) is 36.9 Å². The van der Waals surface area contributed by atoms with Crippen LogP contribution in [0.25, 0.3) is 0 Å². The van der Waals surface area contributed by atoms with Crippen molar-refractivity contribution in [2.75, 3.05) is 17.7 Å². The predicted molar refractivity (Wildman–Crippen MR) is 77.3 cm³/mol. The van der Waals surface area contributed by atoms with Crippen LogP contribution in [0.4, 0.5) is 11.4 Å². The maximum Gasteiger partial charge on any atom is 0.144 e. The van der Waals surface area contributed by atoms with Crippen LogP contribution in [-0.2, 0) is 6.54 Å². The van der Waals surface area contributed by atoms with E-state index in [2.05, 4.69) is 17.2 Å². The van der Waals surface area contributed by atoms with Gasteiger partial charge in [-0.25, -0.2) is 4.98 Å². The maximum absolute atomic E-state index is 5.85. The highest BCUT2D eigenvalue weighted by Gasteiger charge is 2.06. The van der Waals surface area contributed by atoms with Gasteiger partial charge in [0.15, 0.2) is 0 Å². The van der Waals surface area contributed by atoms with Crippen molar-refractivity contribution in [2.45, 2.75) is 26.4 Å². The SMILES string of the molecule is CCOc1cc(NC(C)Cn2ccnc2)ccc1N. The normalized spacial score (nSPS) is 12.1. The van der Waals surface area contributed by atoms with Gasteiger partial charge in [-0.1, -0.05) is 0 Å². The van der Waals surface area contributed by atoms with Crippen LogP contribution in [0, 0.1) is 0 Å². The average molecular weight is 260 g/mol. The predicted octanol–water partition coefficient (Wildman–Crippen LogP) is 2.36. The van der Waals surface area contributed by atoms with E-state index >= 15 is 0 Å². The van der Waals surface area contributed by atoms with Crippen LogP contribution in [0.15, 0.2) is 36.9 Å². The van der Waals surface area contributed by atoms with Gasteiger partial charge < -0.3 is 20.4 Å². The van der Waals surface area contributed by atoms with Gasteiger partial charge in [0.1, 0.15) is 5.75 Å². The third kappa shape index (κ3) is 3.64. The number of nitrogens with zero attached hydrogens (tertiary/aromatic N) is 2. The molecule has 0 aliphatic heterocycles. The first-order valence-electron chi connectivity index (χ1n) is 6.43. The Bertz CT molecular complexity index is 510. The minimum atomic E-state index is 0.285. The second-order valence-corrected chi connectivity index (χ2v) is 4.49. The summed E-state index contributed by atoms with van der Waals surface area (Å²) in [6, 6.07) is 6.04. The smallest absolute Gasteiger partial charge is 0.144 e. The molecule has 1 heterocycles. The van der Waals surface area contributed by atoms with Crippen molar-refractivity contribution in [3.63, 3.8) is 0 Å². The van der Waals surface area contributed by atoms with E-state index in [1.54, 1.807) is 6.20 Å². The third-order valence-electron chi connectivity index (χ3n) is 2.77. The van der Waals surface area contributed by atoms with Crippen LogP contribution in [0.1, 0.15) is 13.8 Å². The molecule has 5 nitrogen and oxygen atoms in total. The highest BCUT2D eigenvalue weighted by Crippen LogP contribution is 2.25. The van der Waals surface area contributed by atoms with Gasteiger partial charge in [0.05, 0.1) is 18.6 Å². The van der Waals surface area contributed by atoms with Gasteiger partial charge >= 0.3 is 0 Å². The van der Waals surface area contributed by atoms with Crippen molar-refractivity contribution in [1.82, 2.24) is 9.55 Å². The minimum absolute atomic E-state index is 0.285. The molecular formula is C14H20N4O. The lowest BCUT2D eigenvalue weighted by Gasteiger charge is -2.17. The fourth-order valence-electron chi connectivity index (χ4n) is 1.95. The fourth-order valence-corrected chi connectivity index (χ4v) is 1.95. The van der Waals surface area contributed by atoms with Crippen molar-refractivity contribution in [3.8, 4) is 5.75 Å². The van der Waals surface area contributed by atoms with Gasteiger partial charge in [-0.15, -0.1) is 0 Å². The van der Waals surface area contributed by atoms with Crippen LogP contribution in [0.5, 0.6) is 5.75 Å². The molecule has 0 radical (unpaired) electrons. The van der Waals surface area contributed by atoms with Crippen molar-refractivity contribution >= 4 is 11.4 Å². The molecule has 1 aromatic carbocycles. The molecule has 0 bridgehead atoms. The van der Waals surface area contributed by atoms with Crippen LogP contribution < -0.4 is 15.8 Å². The van der Waals surface area contributed by atoms with Crippen LogP contribution >= 0.6 is 0 Å². The number of hydrogen-bond donors (Lipinski definition) is 2. The van der Waals surface area contributed by atoms with E-state index in [0.29, 0.717) is 12.3 Å². The van der Waals surface area contributed by atoms with Gasteiger partial charge in [0.2, 0.25) is 0 Å². The van der Waals surface area contributed by atoms with E-state index in [-0.39, 0.29) is 6.04 Å². The Balaban J connectivity index is 2.00. The molecule has 0 saturated heterocycles. The second kappa shape index (κ2) is 6.13. The summed E-state index contributed by atoms with van der Waals surface area (Å²) in [6.45, 7) is 5.53. The second-order valence-electron chi connectivity index (χ2n) is 4.49. The zero-order chi connectivity index (χ0) is 13.7. The Morgan fingerprint density at radius 2 is 2.32 bits per heavy atom. The van der Waals surface area contributed by atoms with Gasteiger partial charge in [-0.2, -0.15) is 0 Å². The first kappa shape index (κ1) is 13.3. The molecule has 0 aliphatic rings. The summed E-state index contributed by atoms with van der Waals surface area (Å²) in [4.78, 5) is 4.03. The Morgan fingerprint density at radius 1 is 1.47 bits per heavy atom. The van der Waals surface area contributed by atoms with Crippen molar-refractivity contribution in [2.24, 2.45) is 0 Å². The van der Waals surface area contributed by atoms with Crippen LogP contribution in [0.3, 0.4) is 0 Å². The number of rotatable bonds is 6. The highest BCUT2D eigenvalue weighted by atomic mass is 16.5. The lowest BCUT2D eigenvalue weighted by molar-refractivity contribution is 0.342. The van der Waals surface area contributed by atoms with E-state index in [1.807, 2.05) is 42.2 Å². The maximum atomic E-state index is 5.85. The summed E-state index contributed by atoms with van der Waals surface area (Å²) < 4.78 is 7.52. The molecule has 102 valence electrons.